The lowest BCUT2D eigenvalue weighted by atomic mass is 10.1. The zero-order valence-corrected chi connectivity index (χ0v) is 13.3. The first-order valence-electron chi connectivity index (χ1n) is 7.69. The van der Waals surface area contributed by atoms with Crippen LogP contribution in [0.1, 0.15) is 45.2 Å². The molecule has 1 N–H and O–H groups in total. The Morgan fingerprint density at radius 1 is 1.15 bits per heavy atom. The highest BCUT2D eigenvalue weighted by atomic mass is 16.1. The van der Waals surface area contributed by atoms with Crippen LogP contribution in [0.15, 0.2) is 24.3 Å². The third kappa shape index (κ3) is 4.97. The first kappa shape index (κ1) is 16.7. The largest absolute Gasteiger partial charge is 0.352 e. The second-order valence-electron chi connectivity index (χ2n) is 5.26. The van der Waals surface area contributed by atoms with Gasteiger partial charge in [0.2, 0.25) is 5.91 Å². The van der Waals surface area contributed by atoms with Crippen LogP contribution >= 0.6 is 0 Å². The minimum Gasteiger partial charge on any atom is -0.352 e. The summed E-state index contributed by atoms with van der Waals surface area (Å²) in [4.78, 5) is 14.3. The van der Waals surface area contributed by atoms with Gasteiger partial charge in [-0.25, -0.2) is 0 Å². The number of carbonyl (C=O) groups excluding carboxylic acids is 1. The van der Waals surface area contributed by atoms with Crippen LogP contribution in [0.5, 0.6) is 0 Å². The fourth-order valence-electron chi connectivity index (χ4n) is 2.11. The Labute approximate surface area is 123 Å². The summed E-state index contributed by atoms with van der Waals surface area (Å²) in [7, 11) is 0. The summed E-state index contributed by atoms with van der Waals surface area (Å²) in [5, 5.41) is 3.04. The number of hydrogen-bond acceptors (Lipinski definition) is 2. The molecule has 0 saturated carbocycles. The Hall–Kier alpha value is -1.35. The van der Waals surface area contributed by atoms with Gasteiger partial charge in [-0.3, -0.25) is 9.69 Å². The van der Waals surface area contributed by atoms with E-state index in [0.29, 0.717) is 6.54 Å². The van der Waals surface area contributed by atoms with Gasteiger partial charge in [0.1, 0.15) is 0 Å². The van der Waals surface area contributed by atoms with Crippen molar-refractivity contribution < 1.29 is 4.79 Å². The molecular formula is C17H28N2O. The monoisotopic (exact) mass is 276 g/mol. The molecule has 3 nitrogen and oxygen atoms in total. The molecule has 1 unspecified atom stereocenters. The van der Waals surface area contributed by atoms with Crippen LogP contribution in [0, 0.1) is 5.92 Å². The van der Waals surface area contributed by atoms with E-state index in [-0.39, 0.29) is 11.8 Å². The number of amides is 1. The van der Waals surface area contributed by atoms with E-state index in [1.54, 1.807) is 0 Å². The molecule has 3 heteroatoms. The van der Waals surface area contributed by atoms with Gasteiger partial charge in [-0.1, -0.05) is 52.0 Å². The number of hydrogen-bond donors (Lipinski definition) is 1. The summed E-state index contributed by atoms with van der Waals surface area (Å²) in [5.74, 6) is 0.232. The Balaban J connectivity index is 2.68. The summed E-state index contributed by atoms with van der Waals surface area (Å²) in [6.07, 6.45) is 0.882. The van der Waals surface area contributed by atoms with Crippen LogP contribution in [0.25, 0.3) is 0 Å². The zero-order valence-electron chi connectivity index (χ0n) is 13.3. The van der Waals surface area contributed by atoms with Crippen molar-refractivity contribution in [1.82, 2.24) is 10.2 Å². The highest BCUT2D eigenvalue weighted by Crippen LogP contribution is 2.12. The SMILES string of the molecule is CCC(C)C(=O)NCc1ccccc1CN(CC)CC. The average molecular weight is 276 g/mol. The highest BCUT2D eigenvalue weighted by Gasteiger charge is 2.11. The quantitative estimate of drug-likeness (QED) is 0.791. The van der Waals surface area contributed by atoms with Gasteiger partial charge < -0.3 is 5.32 Å². The summed E-state index contributed by atoms with van der Waals surface area (Å²) >= 11 is 0. The number of nitrogens with one attached hydrogen (secondary N) is 1. The van der Waals surface area contributed by atoms with Gasteiger partial charge in [0, 0.05) is 19.0 Å². The second-order valence-corrected chi connectivity index (χ2v) is 5.26. The summed E-state index contributed by atoms with van der Waals surface area (Å²) in [5.41, 5.74) is 2.52. The molecule has 0 radical (unpaired) electrons. The van der Waals surface area contributed by atoms with Crippen LogP contribution in [0.3, 0.4) is 0 Å². The Bertz CT molecular complexity index is 413. The van der Waals surface area contributed by atoms with Gasteiger partial charge in [-0.15, -0.1) is 0 Å². The third-order valence-corrected chi connectivity index (χ3v) is 3.92. The molecule has 0 fully saturated rings. The molecule has 0 spiro atoms. The van der Waals surface area contributed by atoms with E-state index in [2.05, 4.69) is 42.3 Å². The highest BCUT2D eigenvalue weighted by molar-refractivity contribution is 5.78. The smallest absolute Gasteiger partial charge is 0.223 e. The number of rotatable bonds is 8. The fourth-order valence-corrected chi connectivity index (χ4v) is 2.11. The third-order valence-electron chi connectivity index (χ3n) is 3.92. The van der Waals surface area contributed by atoms with E-state index in [1.807, 2.05) is 19.9 Å². The van der Waals surface area contributed by atoms with Crippen molar-refractivity contribution in [1.29, 1.82) is 0 Å². The van der Waals surface area contributed by atoms with Crippen molar-refractivity contribution in [3.63, 3.8) is 0 Å². The molecule has 1 rings (SSSR count). The average Bonchev–Trinajstić information content (AvgIpc) is 2.50. The maximum absolute atomic E-state index is 11.9. The van der Waals surface area contributed by atoms with Crippen molar-refractivity contribution in [2.24, 2.45) is 5.92 Å². The van der Waals surface area contributed by atoms with Gasteiger partial charge in [0.15, 0.2) is 0 Å². The number of carbonyl (C=O) groups is 1. The van der Waals surface area contributed by atoms with Crippen molar-refractivity contribution >= 4 is 5.91 Å². The van der Waals surface area contributed by atoms with Gasteiger partial charge in [-0.05, 0) is 30.6 Å². The standard InChI is InChI=1S/C17H28N2O/c1-5-14(4)17(20)18-12-15-10-8-9-11-16(15)13-19(6-2)7-3/h8-11,14H,5-7,12-13H2,1-4H3,(H,18,20). The van der Waals surface area contributed by atoms with Crippen molar-refractivity contribution in [3.8, 4) is 0 Å². The number of nitrogens with zero attached hydrogens (tertiary/aromatic N) is 1. The molecule has 0 aliphatic carbocycles. The predicted molar refractivity (Wildman–Crippen MR) is 84.4 cm³/mol. The molecule has 0 bridgehead atoms. The predicted octanol–water partition coefficient (Wildman–Crippen LogP) is 3.19. The summed E-state index contributed by atoms with van der Waals surface area (Å²) in [6.45, 7) is 12.0. The van der Waals surface area contributed by atoms with Crippen molar-refractivity contribution in [2.45, 2.75) is 47.2 Å². The zero-order chi connectivity index (χ0) is 15.0. The molecule has 0 aromatic heterocycles. The topological polar surface area (TPSA) is 32.3 Å². The van der Waals surface area contributed by atoms with Crippen LogP contribution in [-0.4, -0.2) is 23.9 Å². The van der Waals surface area contributed by atoms with Crippen LogP contribution in [-0.2, 0) is 17.9 Å². The summed E-state index contributed by atoms with van der Waals surface area (Å²) in [6, 6.07) is 8.37. The maximum Gasteiger partial charge on any atom is 0.223 e. The molecular weight excluding hydrogens is 248 g/mol. The van der Waals surface area contributed by atoms with E-state index in [1.165, 1.54) is 11.1 Å². The maximum atomic E-state index is 11.9. The van der Waals surface area contributed by atoms with Crippen LogP contribution in [0.2, 0.25) is 0 Å². The molecule has 1 amide bonds. The van der Waals surface area contributed by atoms with E-state index >= 15 is 0 Å². The second kappa shape index (κ2) is 8.75. The Morgan fingerprint density at radius 3 is 2.30 bits per heavy atom. The Morgan fingerprint density at radius 2 is 1.75 bits per heavy atom. The van der Waals surface area contributed by atoms with E-state index in [0.717, 1.165) is 26.1 Å². The van der Waals surface area contributed by atoms with Crippen molar-refractivity contribution in [3.05, 3.63) is 35.4 Å². The Kier molecular flexibility index (Phi) is 7.31. The van der Waals surface area contributed by atoms with E-state index in [9.17, 15) is 4.79 Å². The van der Waals surface area contributed by atoms with Gasteiger partial charge in [0.05, 0.1) is 0 Å². The molecule has 1 aromatic carbocycles. The van der Waals surface area contributed by atoms with E-state index < -0.39 is 0 Å². The van der Waals surface area contributed by atoms with Gasteiger partial charge >= 0.3 is 0 Å². The molecule has 20 heavy (non-hydrogen) atoms. The lowest BCUT2D eigenvalue weighted by molar-refractivity contribution is -0.124. The first-order valence-corrected chi connectivity index (χ1v) is 7.69. The first-order chi connectivity index (χ1) is 9.62. The van der Waals surface area contributed by atoms with Gasteiger partial charge in [0.25, 0.3) is 0 Å². The normalized spacial score (nSPS) is 12.4. The number of benzene rings is 1. The molecule has 1 aromatic rings. The van der Waals surface area contributed by atoms with Crippen LogP contribution < -0.4 is 5.32 Å². The molecule has 0 aliphatic rings. The molecule has 112 valence electrons. The molecule has 0 aliphatic heterocycles. The minimum atomic E-state index is 0.0879. The minimum absolute atomic E-state index is 0.0879. The fraction of sp³-hybridized carbons (Fsp3) is 0.588. The van der Waals surface area contributed by atoms with Crippen LogP contribution in [0.4, 0.5) is 0 Å². The van der Waals surface area contributed by atoms with Gasteiger partial charge in [-0.2, -0.15) is 0 Å². The lowest BCUT2D eigenvalue weighted by Gasteiger charge is -2.20. The van der Waals surface area contributed by atoms with E-state index in [4.69, 9.17) is 0 Å². The molecule has 0 heterocycles. The molecule has 1 atom stereocenters. The molecule has 0 saturated heterocycles. The lowest BCUT2D eigenvalue weighted by Crippen LogP contribution is -2.29. The summed E-state index contributed by atoms with van der Waals surface area (Å²) < 4.78 is 0. The van der Waals surface area contributed by atoms with Crippen molar-refractivity contribution in [2.75, 3.05) is 13.1 Å².